The molecule has 0 aliphatic carbocycles. The maximum absolute atomic E-state index is 13.9. The fourth-order valence-corrected chi connectivity index (χ4v) is 6.04. The summed E-state index contributed by atoms with van der Waals surface area (Å²) < 4.78 is 0. The van der Waals surface area contributed by atoms with Gasteiger partial charge in [-0.3, -0.25) is 24.2 Å². The van der Waals surface area contributed by atoms with Crippen LogP contribution in [0.15, 0.2) is 48.5 Å². The van der Waals surface area contributed by atoms with Gasteiger partial charge in [0.1, 0.15) is 11.3 Å². The van der Waals surface area contributed by atoms with Gasteiger partial charge in [0.25, 0.3) is 5.91 Å². The number of amides is 3. The molecule has 2 saturated heterocycles. The summed E-state index contributed by atoms with van der Waals surface area (Å²) in [5.41, 5.74) is -0.610. The minimum absolute atomic E-state index is 0.0641. The Bertz CT molecular complexity index is 1120. The number of rotatable bonds is 1. The molecule has 3 atom stereocenters. The highest BCUT2D eigenvalue weighted by molar-refractivity contribution is 6.16. The van der Waals surface area contributed by atoms with E-state index in [2.05, 4.69) is 0 Å². The summed E-state index contributed by atoms with van der Waals surface area (Å²) in [7, 11) is 5.00. The lowest BCUT2D eigenvalue weighted by atomic mass is 9.60. The minimum atomic E-state index is -1.34. The lowest BCUT2D eigenvalue weighted by Crippen LogP contribution is -2.59. The van der Waals surface area contributed by atoms with Crippen molar-refractivity contribution in [1.82, 2.24) is 9.80 Å². The fraction of sp³-hybridized carbons (Fsp3) is 0.348. The van der Waals surface area contributed by atoms with E-state index in [9.17, 15) is 19.5 Å². The Morgan fingerprint density at radius 2 is 1.57 bits per heavy atom. The number of carbonyl (C=O) groups excluding carboxylic acids is 3. The Balaban J connectivity index is 1.87. The van der Waals surface area contributed by atoms with Crippen LogP contribution in [0.3, 0.4) is 0 Å². The average molecular weight is 405 g/mol. The zero-order chi connectivity index (χ0) is 21.4. The zero-order valence-electron chi connectivity index (χ0n) is 17.1. The van der Waals surface area contributed by atoms with Gasteiger partial charge < -0.3 is 10.0 Å². The quantitative estimate of drug-likeness (QED) is 0.730. The summed E-state index contributed by atoms with van der Waals surface area (Å²) in [6, 6.07) is 14.3. The van der Waals surface area contributed by atoms with Crippen LogP contribution in [-0.4, -0.2) is 60.3 Å². The standard InChI is InChI=1S/C23H23N3O4/c1-24-13-16(14-8-4-7-11-18(14)27)22(12-19(28)26(3)20(22)29)23(24)15-9-5-6-10-17(15)25(2)21(23)30/h4-11,16,27H,12-13H2,1-3H3/t16-,22+,23+/m1/s1. The number of aromatic hydroxyl groups is 1. The molecule has 2 spiro atoms. The first kappa shape index (κ1) is 18.8. The highest BCUT2D eigenvalue weighted by Crippen LogP contribution is 2.67. The summed E-state index contributed by atoms with van der Waals surface area (Å²) in [6.07, 6.45) is -0.0837. The largest absolute Gasteiger partial charge is 0.508 e. The summed E-state index contributed by atoms with van der Waals surface area (Å²) in [5.74, 6) is -1.36. The molecule has 3 aliphatic heterocycles. The van der Waals surface area contributed by atoms with Crippen LogP contribution >= 0.6 is 0 Å². The fourth-order valence-electron chi connectivity index (χ4n) is 6.04. The van der Waals surface area contributed by atoms with Gasteiger partial charge in [0.15, 0.2) is 0 Å². The molecule has 0 bridgehead atoms. The van der Waals surface area contributed by atoms with Gasteiger partial charge in [0, 0.05) is 44.2 Å². The average Bonchev–Trinajstić information content (AvgIpc) is 3.23. The maximum atomic E-state index is 13.9. The molecule has 7 heteroatoms. The van der Waals surface area contributed by atoms with E-state index in [4.69, 9.17) is 0 Å². The predicted octanol–water partition coefficient (Wildman–Crippen LogP) is 1.67. The number of phenols is 1. The number of hydrogen-bond acceptors (Lipinski definition) is 5. The van der Waals surface area contributed by atoms with Gasteiger partial charge in [-0.15, -0.1) is 0 Å². The molecule has 0 aromatic heterocycles. The van der Waals surface area contributed by atoms with Gasteiger partial charge in [-0.25, -0.2) is 0 Å². The van der Waals surface area contributed by atoms with Crippen molar-refractivity contribution in [3.8, 4) is 5.75 Å². The monoisotopic (exact) mass is 405 g/mol. The number of hydrogen-bond donors (Lipinski definition) is 1. The number of phenolic OH excluding ortho intramolecular Hbond substituents is 1. The van der Waals surface area contributed by atoms with Crippen molar-refractivity contribution in [1.29, 1.82) is 0 Å². The van der Waals surface area contributed by atoms with Crippen LogP contribution in [-0.2, 0) is 19.9 Å². The molecule has 0 saturated carbocycles. The van der Waals surface area contributed by atoms with E-state index in [0.717, 1.165) is 16.2 Å². The summed E-state index contributed by atoms with van der Waals surface area (Å²) in [4.78, 5) is 45.2. The van der Waals surface area contributed by atoms with Crippen LogP contribution in [0.5, 0.6) is 5.75 Å². The Hall–Kier alpha value is -3.19. The third-order valence-corrected chi connectivity index (χ3v) is 7.34. The summed E-state index contributed by atoms with van der Waals surface area (Å²) in [6.45, 7) is 0.359. The molecule has 7 nitrogen and oxygen atoms in total. The van der Waals surface area contributed by atoms with E-state index in [1.807, 2.05) is 36.2 Å². The van der Waals surface area contributed by atoms with Crippen molar-refractivity contribution < 1.29 is 19.5 Å². The van der Waals surface area contributed by atoms with E-state index in [-0.39, 0.29) is 29.9 Å². The van der Waals surface area contributed by atoms with Crippen LogP contribution in [0.25, 0.3) is 0 Å². The van der Waals surface area contributed by atoms with Crippen LogP contribution in [0.4, 0.5) is 5.69 Å². The number of para-hydroxylation sites is 2. The van der Waals surface area contributed by atoms with Crippen LogP contribution in [0.2, 0.25) is 0 Å². The van der Waals surface area contributed by atoms with Gasteiger partial charge in [-0.05, 0) is 24.7 Å². The number of benzene rings is 2. The smallest absolute Gasteiger partial charge is 0.253 e. The van der Waals surface area contributed by atoms with E-state index >= 15 is 0 Å². The lowest BCUT2D eigenvalue weighted by molar-refractivity contribution is -0.149. The van der Waals surface area contributed by atoms with E-state index in [0.29, 0.717) is 12.1 Å². The molecule has 0 radical (unpaired) electrons. The second kappa shape index (κ2) is 5.92. The molecule has 3 heterocycles. The number of carbonyl (C=O) groups is 3. The van der Waals surface area contributed by atoms with Gasteiger partial charge in [-0.2, -0.15) is 0 Å². The topological polar surface area (TPSA) is 81.2 Å². The Morgan fingerprint density at radius 1 is 0.900 bits per heavy atom. The van der Waals surface area contributed by atoms with Crippen molar-refractivity contribution in [2.24, 2.45) is 5.41 Å². The first-order chi connectivity index (χ1) is 14.3. The van der Waals surface area contributed by atoms with Crippen molar-refractivity contribution in [3.05, 3.63) is 59.7 Å². The number of likely N-dealkylation sites (N-methyl/N-ethyl adjacent to an activating group) is 2. The van der Waals surface area contributed by atoms with Crippen molar-refractivity contribution in [3.63, 3.8) is 0 Å². The number of nitrogens with zero attached hydrogens (tertiary/aromatic N) is 3. The number of anilines is 1. The molecule has 1 N–H and O–H groups in total. The molecule has 2 aromatic carbocycles. The van der Waals surface area contributed by atoms with Gasteiger partial charge >= 0.3 is 0 Å². The third kappa shape index (κ3) is 1.87. The Morgan fingerprint density at radius 3 is 2.23 bits per heavy atom. The molecule has 3 amide bonds. The zero-order valence-corrected chi connectivity index (χ0v) is 17.1. The summed E-state index contributed by atoms with van der Waals surface area (Å²) >= 11 is 0. The molecule has 2 aromatic rings. The molecule has 30 heavy (non-hydrogen) atoms. The number of likely N-dealkylation sites (tertiary alicyclic amines) is 2. The first-order valence-corrected chi connectivity index (χ1v) is 9.96. The molecule has 2 fully saturated rings. The first-order valence-electron chi connectivity index (χ1n) is 9.96. The second-order valence-corrected chi connectivity index (χ2v) is 8.49. The molecular formula is C23H23N3O4. The SMILES string of the molecule is CN1C(=O)C[C@@]2(C1=O)[C@@H](c1ccccc1O)CN(C)[C@@]21C(=O)N(C)c2ccccc21. The van der Waals surface area contributed by atoms with E-state index in [1.165, 1.54) is 7.05 Å². The molecule has 154 valence electrons. The van der Waals surface area contributed by atoms with Gasteiger partial charge in [-0.1, -0.05) is 36.4 Å². The van der Waals surface area contributed by atoms with E-state index < -0.39 is 16.9 Å². The predicted molar refractivity (Wildman–Crippen MR) is 110 cm³/mol. The maximum Gasteiger partial charge on any atom is 0.253 e. The van der Waals surface area contributed by atoms with Gasteiger partial charge in [0.2, 0.25) is 11.8 Å². The number of imide groups is 1. The van der Waals surface area contributed by atoms with Crippen LogP contribution in [0, 0.1) is 5.41 Å². The highest BCUT2D eigenvalue weighted by Gasteiger charge is 2.77. The highest BCUT2D eigenvalue weighted by atomic mass is 16.3. The molecule has 3 aliphatic rings. The minimum Gasteiger partial charge on any atom is -0.508 e. The third-order valence-electron chi connectivity index (χ3n) is 7.34. The normalized spacial score (nSPS) is 30.9. The molecule has 0 unspecified atom stereocenters. The van der Waals surface area contributed by atoms with Crippen LogP contribution < -0.4 is 4.90 Å². The number of fused-ring (bicyclic) bond motifs is 3. The van der Waals surface area contributed by atoms with Crippen LogP contribution in [0.1, 0.15) is 23.5 Å². The van der Waals surface area contributed by atoms with Gasteiger partial charge in [0.05, 0.1) is 5.41 Å². The Kier molecular flexibility index (Phi) is 3.71. The summed E-state index contributed by atoms with van der Waals surface area (Å²) in [5, 5.41) is 10.6. The van der Waals surface area contributed by atoms with Crippen molar-refractivity contribution in [2.45, 2.75) is 17.9 Å². The van der Waals surface area contributed by atoms with Crippen molar-refractivity contribution in [2.75, 3.05) is 32.6 Å². The Labute approximate surface area is 174 Å². The molecule has 5 rings (SSSR count). The van der Waals surface area contributed by atoms with Crippen molar-refractivity contribution >= 4 is 23.4 Å². The molecular weight excluding hydrogens is 382 g/mol. The second-order valence-electron chi connectivity index (χ2n) is 8.49. The van der Waals surface area contributed by atoms with E-state index in [1.54, 1.807) is 36.2 Å². The lowest BCUT2D eigenvalue weighted by Gasteiger charge is -2.42.